The Hall–Kier alpha value is -1.80. The standard InChI is InChI=1S/C68H129N2O6P/c1-6-8-10-12-14-16-18-20-22-24-26-28-30-32-34-36-37-39-41-43-45-47-49-51-53-55-57-59-61-67(71)66(65-76-77(73,74)75-64-63-70(3,4)5)69-68(72)62-60-58-56-54-52-50-48-46-44-42-40-38-35-33-31-29-27-25-23-21-19-17-15-13-11-9-7-2/h9,11,15,17,21,23,27,29,59,61,66-67,71H,6-8,10,12-14,16,18-20,22,24-26,28,30-58,60,62-65H2,1-5H3,(H-,69,72,73,74)/b11-9-,17-15-,23-21-,29-27-,61-59+. The van der Waals surface area contributed by atoms with Gasteiger partial charge in [-0.3, -0.25) is 9.36 Å². The van der Waals surface area contributed by atoms with Crippen LogP contribution in [0.3, 0.4) is 0 Å². The fraction of sp³-hybridized carbons (Fsp3) is 0.838. The van der Waals surface area contributed by atoms with Gasteiger partial charge in [0.25, 0.3) is 7.82 Å². The molecule has 3 unspecified atom stereocenters. The molecule has 0 saturated heterocycles. The monoisotopic (exact) mass is 1100 g/mol. The molecule has 0 heterocycles. The van der Waals surface area contributed by atoms with Crippen LogP contribution in [0.5, 0.6) is 0 Å². The second-order valence-corrected chi connectivity index (χ2v) is 25.2. The van der Waals surface area contributed by atoms with E-state index in [2.05, 4.69) is 67.8 Å². The van der Waals surface area contributed by atoms with Gasteiger partial charge in [-0.2, -0.15) is 0 Å². The Labute approximate surface area is 479 Å². The normalized spacial score (nSPS) is 14.1. The van der Waals surface area contributed by atoms with Crippen LogP contribution in [-0.4, -0.2) is 68.5 Å². The van der Waals surface area contributed by atoms with Gasteiger partial charge >= 0.3 is 0 Å². The number of phosphoric acid groups is 1. The molecule has 77 heavy (non-hydrogen) atoms. The van der Waals surface area contributed by atoms with Crippen molar-refractivity contribution in [3.63, 3.8) is 0 Å². The van der Waals surface area contributed by atoms with Crippen molar-refractivity contribution in [3.05, 3.63) is 60.8 Å². The van der Waals surface area contributed by atoms with E-state index in [1.165, 1.54) is 231 Å². The lowest BCUT2D eigenvalue weighted by atomic mass is 10.0. The third kappa shape index (κ3) is 61.7. The number of unbranched alkanes of at least 4 members (excludes halogenated alkanes) is 40. The van der Waals surface area contributed by atoms with Gasteiger partial charge in [0.15, 0.2) is 0 Å². The number of likely N-dealkylation sites (N-methyl/N-ethyl adjacent to an activating group) is 1. The van der Waals surface area contributed by atoms with Gasteiger partial charge in [-0.25, -0.2) is 0 Å². The van der Waals surface area contributed by atoms with Crippen molar-refractivity contribution in [3.8, 4) is 0 Å². The second kappa shape index (κ2) is 58.8. The van der Waals surface area contributed by atoms with Crippen LogP contribution in [0, 0.1) is 0 Å². The highest BCUT2D eigenvalue weighted by molar-refractivity contribution is 7.45. The van der Waals surface area contributed by atoms with Crippen molar-refractivity contribution in [2.45, 2.75) is 328 Å². The minimum atomic E-state index is -4.60. The van der Waals surface area contributed by atoms with Gasteiger partial charge in [0.1, 0.15) is 13.2 Å². The molecule has 0 rings (SSSR count). The molecule has 0 aliphatic carbocycles. The molecule has 452 valence electrons. The molecule has 0 aliphatic rings. The van der Waals surface area contributed by atoms with Gasteiger partial charge < -0.3 is 28.8 Å². The molecule has 1 amide bonds. The Morgan fingerprint density at radius 3 is 1.16 bits per heavy atom. The second-order valence-electron chi connectivity index (χ2n) is 23.8. The number of hydrogen-bond donors (Lipinski definition) is 2. The SMILES string of the molecule is CC/C=C\C/C=C\C/C=C\C/C=C\CCCCCCCCCCCCCCCCC(=O)NC(COP(=O)([O-])OCC[N+](C)(C)C)C(O)/C=C/CCCCCCCCCCCCCCCCCCCCCCCCCCCC. The van der Waals surface area contributed by atoms with Crippen molar-refractivity contribution in [1.82, 2.24) is 5.32 Å². The summed E-state index contributed by atoms with van der Waals surface area (Å²) in [7, 11) is 1.27. The molecule has 0 aromatic carbocycles. The van der Waals surface area contributed by atoms with Gasteiger partial charge in [0.2, 0.25) is 5.91 Å². The zero-order valence-corrected chi connectivity index (χ0v) is 52.6. The third-order valence-electron chi connectivity index (χ3n) is 15.0. The predicted octanol–water partition coefficient (Wildman–Crippen LogP) is 20.2. The summed E-state index contributed by atoms with van der Waals surface area (Å²) in [6.07, 6.45) is 80.4. The highest BCUT2D eigenvalue weighted by Gasteiger charge is 2.23. The number of aliphatic hydroxyl groups excluding tert-OH is 1. The minimum absolute atomic E-state index is 0.00162. The summed E-state index contributed by atoms with van der Waals surface area (Å²) in [4.78, 5) is 25.6. The average Bonchev–Trinajstić information content (AvgIpc) is 3.39. The molecule has 0 aromatic heterocycles. The van der Waals surface area contributed by atoms with E-state index in [-0.39, 0.29) is 19.1 Å². The van der Waals surface area contributed by atoms with Crippen molar-refractivity contribution < 1.29 is 32.9 Å². The molecule has 2 N–H and O–H groups in total. The quantitative estimate of drug-likeness (QED) is 0.0272. The summed E-state index contributed by atoms with van der Waals surface area (Å²) in [5.74, 6) is -0.195. The number of phosphoric ester groups is 1. The van der Waals surface area contributed by atoms with Crippen LogP contribution in [0.1, 0.15) is 316 Å². The molecule has 0 bridgehead atoms. The summed E-state index contributed by atoms with van der Waals surface area (Å²) >= 11 is 0. The summed E-state index contributed by atoms with van der Waals surface area (Å²) in [5, 5.41) is 14.0. The zero-order valence-electron chi connectivity index (χ0n) is 51.7. The molecule has 0 fully saturated rings. The fourth-order valence-corrected chi connectivity index (χ4v) is 10.6. The number of nitrogens with zero attached hydrogens (tertiary/aromatic N) is 1. The largest absolute Gasteiger partial charge is 0.756 e. The summed E-state index contributed by atoms with van der Waals surface area (Å²) in [6.45, 7) is 4.58. The maximum Gasteiger partial charge on any atom is 0.268 e. The summed E-state index contributed by atoms with van der Waals surface area (Å²) in [6, 6.07) is -0.890. The number of amides is 1. The highest BCUT2D eigenvalue weighted by atomic mass is 31.2. The third-order valence-corrected chi connectivity index (χ3v) is 15.9. The fourth-order valence-electron chi connectivity index (χ4n) is 9.85. The van der Waals surface area contributed by atoms with Crippen molar-refractivity contribution in [1.29, 1.82) is 0 Å². The number of nitrogens with one attached hydrogen (secondary N) is 1. The van der Waals surface area contributed by atoms with Crippen LogP contribution in [0.2, 0.25) is 0 Å². The van der Waals surface area contributed by atoms with Crippen molar-refractivity contribution in [2.24, 2.45) is 0 Å². The molecule has 0 spiro atoms. The van der Waals surface area contributed by atoms with Crippen molar-refractivity contribution in [2.75, 3.05) is 40.9 Å². The lowest BCUT2D eigenvalue weighted by molar-refractivity contribution is -0.870. The number of rotatable bonds is 61. The van der Waals surface area contributed by atoms with Gasteiger partial charge in [0, 0.05) is 6.42 Å². The Kier molecular flexibility index (Phi) is 57.5. The van der Waals surface area contributed by atoms with E-state index in [1.54, 1.807) is 6.08 Å². The van der Waals surface area contributed by atoms with Crippen LogP contribution in [0.4, 0.5) is 0 Å². The summed E-state index contributed by atoms with van der Waals surface area (Å²) < 4.78 is 23.4. The predicted molar refractivity (Wildman–Crippen MR) is 334 cm³/mol. The van der Waals surface area contributed by atoms with E-state index >= 15 is 0 Å². The molecular weight excluding hydrogens is 972 g/mol. The average molecular weight is 1100 g/mol. The molecule has 3 atom stereocenters. The number of carbonyl (C=O) groups excluding carboxylic acids is 1. The number of carbonyl (C=O) groups is 1. The summed E-state index contributed by atoms with van der Waals surface area (Å²) in [5.41, 5.74) is 0. The molecule has 0 radical (unpaired) electrons. The molecule has 9 heteroatoms. The van der Waals surface area contributed by atoms with Crippen LogP contribution < -0.4 is 10.2 Å². The minimum Gasteiger partial charge on any atom is -0.756 e. The van der Waals surface area contributed by atoms with Gasteiger partial charge in [0.05, 0.1) is 39.9 Å². The van der Waals surface area contributed by atoms with E-state index in [9.17, 15) is 19.4 Å². The van der Waals surface area contributed by atoms with Gasteiger partial charge in [-0.15, -0.1) is 0 Å². The number of aliphatic hydroxyl groups is 1. The first kappa shape index (κ1) is 75.2. The first-order valence-corrected chi connectivity index (χ1v) is 34.6. The van der Waals surface area contributed by atoms with Crippen molar-refractivity contribution >= 4 is 13.7 Å². The van der Waals surface area contributed by atoms with E-state index < -0.39 is 20.0 Å². The molecule has 8 nitrogen and oxygen atoms in total. The van der Waals surface area contributed by atoms with Crippen LogP contribution in [0.15, 0.2) is 60.8 Å². The lowest BCUT2D eigenvalue weighted by Gasteiger charge is -2.29. The maximum atomic E-state index is 13.0. The van der Waals surface area contributed by atoms with E-state index in [4.69, 9.17) is 9.05 Å². The number of quaternary nitrogens is 1. The topological polar surface area (TPSA) is 108 Å². The highest BCUT2D eigenvalue weighted by Crippen LogP contribution is 2.38. The van der Waals surface area contributed by atoms with Gasteiger partial charge in [-0.05, 0) is 57.8 Å². The Morgan fingerprint density at radius 2 is 0.792 bits per heavy atom. The van der Waals surface area contributed by atoms with Crippen LogP contribution in [0.25, 0.3) is 0 Å². The van der Waals surface area contributed by atoms with Crippen LogP contribution >= 0.6 is 7.82 Å². The molecular formula is C68H129N2O6P. The molecule has 0 aliphatic heterocycles. The molecule has 0 saturated carbocycles. The Morgan fingerprint density at radius 1 is 0.468 bits per heavy atom. The van der Waals surface area contributed by atoms with E-state index in [0.29, 0.717) is 17.4 Å². The first-order valence-electron chi connectivity index (χ1n) is 33.2. The van der Waals surface area contributed by atoms with E-state index in [0.717, 1.165) is 64.2 Å². The van der Waals surface area contributed by atoms with Gasteiger partial charge in [-0.1, -0.05) is 312 Å². The smallest absolute Gasteiger partial charge is 0.268 e. The Bertz CT molecular complexity index is 1440. The zero-order chi connectivity index (χ0) is 56.3. The molecule has 0 aromatic rings. The maximum absolute atomic E-state index is 13.0. The first-order chi connectivity index (χ1) is 37.5. The van der Waals surface area contributed by atoms with Crippen LogP contribution in [-0.2, 0) is 18.4 Å². The lowest BCUT2D eigenvalue weighted by Crippen LogP contribution is -2.45. The number of allylic oxidation sites excluding steroid dienone is 9. The van der Waals surface area contributed by atoms with E-state index in [1.807, 2.05) is 27.2 Å². The Balaban J connectivity index is 4.11. The number of hydrogen-bond acceptors (Lipinski definition) is 6.